The zero-order valence-electron chi connectivity index (χ0n) is 6.81. The zero-order valence-corrected chi connectivity index (χ0v) is 6.81. The second-order valence-electron chi connectivity index (χ2n) is 3.33. The molecule has 0 aliphatic carbocycles. The number of cyclic esters (lactones) is 1. The minimum atomic E-state index is -0.195. The molecule has 2 nitrogen and oxygen atoms in total. The van der Waals surface area contributed by atoms with Crippen molar-refractivity contribution in [2.45, 2.75) is 39.7 Å². The Morgan fingerprint density at radius 3 is 2.60 bits per heavy atom. The lowest BCUT2D eigenvalue weighted by Crippen LogP contribution is -2.20. The summed E-state index contributed by atoms with van der Waals surface area (Å²) in [5, 5.41) is 0. The summed E-state index contributed by atoms with van der Waals surface area (Å²) in [5.74, 6) is -0.0255. The molecule has 0 amide bonds. The predicted molar refractivity (Wildman–Crippen MR) is 38.6 cm³/mol. The van der Waals surface area contributed by atoms with Crippen LogP contribution >= 0.6 is 0 Å². The van der Waals surface area contributed by atoms with Crippen LogP contribution in [0.25, 0.3) is 0 Å². The molecule has 10 heavy (non-hydrogen) atoms. The second-order valence-corrected chi connectivity index (χ2v) is 3.33. The van der Waals surface area contributed by atoms with Gasteiger partial charge in [0, 0.05) is 0 Å². The van der Waals surface area contributed by atoms with Gasteiger partial charge in [-0.1, -0.05) is 6.92 Å². The van der Waals surface area contributed by atoms with E-state index in [-0.39, 0.29) is 17.5 Å². The predicted octanol–water partition coefficient (Wildman–Crippen LogP) is 1.74. The first-order valence-electron chi connectivity index (χ1n) is 3.79. The monoisotopic (exact) mass is 142 g/mol. The van der Waals surface area contributed by atoms with Gasteiger partial charge in [0.15, 0.2) is 0 Å². The van der Waals surface area contributed by atoms with Crippen LogP contribution in [0.5, 0.6) is 0 Å². The molecule has 0 N–H and O–H groups in total. The number of carbonyl (C=O) groups is 1. The van der Waals surface area contributed by atoms with E-state index in [4.69, 9.17) is 4.74 Å². The van der Waals surface area contributed by atoms with Gasteiger partial charge in [0.25, 0.3) is 0 Å². The van der Waals surface area contributed by atoms with Crippen molar-refractivity contribution in [3.8, 4) is 0 Å². The van der Waals surface area contributed by atoms with Crippen molar-refractivity contribution in [1.82, 2.24) is 0 Å². The molecular weight excluding hydrogens is 128 g/mol. The summed E-state index contributed by atoms with van der Waals surface area (Å²) in [6.07, 6.45) is 1.89. The Morgan fingerprint density at radius 1 is 1.80 bits per heavy atom. The van der Waals surface area contributed by atoms with E-state index in [9.17, 15) is 4.79 Å². The summed E-state index contributed by atoms with van der Waals surface area (Å²) in [5.41, 5.74) is -0.195. The highest BCUT2D eigenvalue weighted by Gasteiger charge is 2.41. The first-order chi connectivity index (χ1) is 4.58. The van der Waals surface area contributed by atoms with Gasteiger partial charge in [-0.05, 0) is 26.7 Å². The molecule has 1 rings (SSSR count). The molecule has 1 saturated heterocycles. The number of ether oxygens (including phenoxy) is 1. The van der Waals surface area contributed by atoms with Gasteiger partial charge in [-0.2, -0.15) is 0 Å². The third-order valence-corrected chi connectivity index (χ3v) is 2.32. The molecule has 0 saturated carbocycles. The van der Waals surface area contributed by atoms with Crippen molar-refractivity contribution in [2.24, 2.45) is 5.41 Å². The Hall–Kier alpha value is -0.530. The Balaban J connectivity index is 2.70. The van der Waals surface area contributed by atoms with Crippen molar-refractivity contribution < 1.29 is 9.53 Å². The summed E-state index contributed by atoms with van der Waals surface area (Å²) in [6.45, 7) is 5.94. The van der Waals surface area contributed by atoms with Gasteiger partial charge >= 0.3 is 5.97 Å². The molecule has 0 aromatic rings. The van der Waals surface area contributed by atoms with Crippen molar-refractivity contribution in [3.63, 3.8) is 0 Å². The van der Waals surface area contributed by atoms with E-state index in [1.54, 1.807) is 0 Å². The molecular formula is C8H14O2. The summed E-state index contributed by atoms with van der Waals surface area (Å²) < 4.78 is 5.03. The van der Waals surface area contributed by atoms with Crippen LogP contribution in [-0.2, 0) is 9.53 Å². The number of carbonyl (C=O) groups excluding carboxylic acids is 1. The summed E-state index contributed by atoms with van der Waals surface area (Å²) >= 11 is 0. The quantitative estimate of drug-likeness (QED) is 0.521. The van der Waals surface area contributed by atoms with Crippen LogP contribution in [0.1, 0.15) is 33.6 Å². The lowest BCUT2D eigenvalue weighted by Gasteiger charge is -2.14. The number of rotatable bonds is 1. The smallest absolute Gasteiger partial charge is 0.312 e. The van der Waals surface area contributed by atoms with E-state index in [1.807, 2.05) is 20.8 Å². The summed E-state index contributed by atoms with van der Waals surface area (Å²) in [6, 6.07) is 0. The number of hydrogen-bond acceptors (Lipinski definition) is 2. The van der Waals surface area contributed by atoms with E-state index >= 15 is 0 Å². The Morgan fingerprint density at radius 2 is 2.40 bits per heavy atom. The van der Waals surface area contributed by atoms with Crippen LogP contribution < -0.4 is 0 Å². The normalized spacial score (nSPS) is 39.9. The fraction of sp³-hybridized carbons (Fsp3) is 0.875. The number of esters is 1. The maximum absolute atomic E-state index is 11.1. The van der Waals surface area contributed by atoms with Gasteiger partial charge in [-0.3, -0.25) is 4.79 Å². The molecule has 2 heteroatoms. The molecule has 1 fully saturated rings. The summed E-state index contributed by atoms with van der Waals surface area (Å²) in [4.78, 5) is 11.1. The van der Waals surface area contributed by atoms with Crippen LogP contribution in [-0.4, -0.2) is 12.1 Å². The molecule has 0 aromatic carbocycles. The Bertz CT molecular complexity index is 153. The van der Waals surface area contributed by atoms with E-state index in [2.05, 4.69) is 0 Å². The van der Waals surface area contributed by atoms with Crippen molar-refractivity contribution in [2.75, 3.05) is 0 Å². The molecule has 1 unspecified atom stereocenters. The summed E-state index contributed by atoms with van der Waals surface area (Å²) in [7, 11) is 0. The van der Waals surface area contributed by atoms with E-state index < -0.39 is 0 Å². The lowest BCUT2D eigenvalue weighted by atomic mass is 9.85. The van der Waals surface area contributed by atoms with Crippen LogP contribution in [0.15, 0.2) is 0 Å². The van der Waals surface area contributed by atoms with Crippen molar-refractivity contribution >= 4 is 5.97 Å². The molecule has 0 radical (unpaired) electrons. The fourth-order valence-corrected chi connectivity index (χ4v) is 1.37. The standard InChI is InChI=1S/C8H14O2/c1-4-8(3)5-6(2)10-7(8)9/h6H,4-5H2,1-3H3/t6?,8-/m1/s1. The minimum absolute atomic E-state index is 0.0255. The van der Waals surface area contributed by atoms with Gasteiger partial charge in [-0.25, -0.2) is 0 Å². The molecule has 0 aromatic heterocycles. The molecule has 1 aliphatic heterocycles. The zero-order chi connectivity index (χ0) is 7.78. The highest BCUT2D eigenvalue weighted by molar-refractivity contribution is 5.78. The SMILES string of the molecule is CC[C@]1(C)CC(C)OC1=O. The van der Waals surface area contributed by atoms with Gasteiger partial charge in [0.2, 0.25) is 0 Å². The van der Waals surface area contributed by atoms with Crippen LogP contribution in [0.2, 0.25) is 0 Å². The molecule has 0 spiro atoms. The van der Waals surface area contributed by atoms with Crippen LogP contribution in [0, 0.1) is 5.41 Å². The minimum Gasteiger partial charge on any atom is -0.462 e. The molecule has 1 aliphatic rings. The number of hydrogen-bond donors (Lipinski definition) is 0. The van der Waals surface area contributed by atoms with Crippen LogP contribution in [0.4, 0.5) is 0 Å². The largest absolute Gasteiger partial charge is 0.462 e. The highest BCUT2D eigenvalue weighted by atomic mass is 16.6. The first kappa shape index (κ1) is 7.58. The maximum atomic E-state index is 11.1. The van der Waals surface area contributed by atoms with Gasteiger partial charge in [0.05, 0.1) is 5.41 Å². The Labute approximate surface area is 61.6 Å². The average Bonchev–Trinajstić information content (AvgIpc) is 2.09. The third kappa shape index (κ3) is 1.02. The second kappa shape index (κ2) is 2.26. The fourth-order valence-electron chi connectivity index (χ4n) is 1.37. The van der Waals surface area contributed by atoms with E-state index in [1.165, 1.54) is 0 Å². The first-order valence-corrected chi connectivity index (χ1v) is 3.79. The highest BCUT2D eigenvalue weighted by Crippen LogP contribution is 2.36. The lowest BCUT2D eigenvalue weighted by molar-refractivity contribution is -0.147. The van der Waals surface area contributed by atoms with Gasteiger partial charge < -0.3 is 4.74 Å². The molecule has 58 valence electrons. The molecule has 1 heterocycles. The third-order valence-electron chi connectivity index (χ3n) is 2.32. The van der Waals surface area contributed by atoms with Crippen molar-refractivity contribution in [3.05, 3.63) is 0 Å². The van der Waals surface area contributed by atoms with E-state index in [0.717, 1.165) is 12.8 Å². The van der Waals surface area contributed by atoms with Gasteiger partial charge in [0.1, 0.15) is 6.10 Å². The average molecular weight is 142 g/mol. The molecule has 2 atom stereocenters. The topological polar surface area (TPSA) is 26.3 Å². The Kier molecular flexibility index (Phi) is 1.71. The van der Waals surface area contributed by atoms with Crippen LogP contribution in [0.3, 0.4) is 0 Å². The molecule has 0 bridgehead atoms. The maximum Gasteiger partial charge on any atom is 0.312 e. The van der Waals surface area contributed by atoms with Crippen molar-refractivity contribution in [1.29, 1.82) is 0 Å². The van der Waals surface area contributed by atoms with E-state index in [0.29, 0.717) is 0 Å². The van der Waals surface area contributed by atoms with Gasteiger partial charge in [-0.15, -0.1) is 0 Å².